The molecule has 9 heteroatoms. The third-order valence-corrected chi connectivity index (χ3v) is 3.62. The molecule has 0 spiro atoms. The zero-order chi connectivity index (χ0) is 13.5. The third kappa shape index (κ3) is 1.75. The summed E-state index contributed by atoms with van der Waals surface area (Å²) in [7, 11) is 0. The SMILES string of the molecule is O=C(Nc1ccc2c(c1)OCO2)c1nn2cnnc2s1. The maximum absolute atomic E-state index is 12.1. The van der Waals surface area contributed by atoms with Crippen LogP contribution >= 0.6 is 11.3 Å². The fourth-order valence-electron chi connectivity index (χ4n) is 1.81. The van der Waals surface area contributed by atoms with E-state index < -0.39 is 0 Å². The van der Waals surface area contributed by atoms with E-state index in [1.54, 1.807) is 18.2 Å². The number of benzene rings is 1. The minimum atomic E-state index is -0.306. The first kappa shape index (κ1) is 11.2. The van der Waals surface area contributed by atoms with E-state index in [1.807, 2.05) is 0 Å². The molecule has 0 saturated carbocycles. The molecule has 0 radical (unpaired) electrons. The van der Waals surface area contributed by atoms with Crippen molar-refractivity contribution in [3.8, 4) is 11.5 Å². The van der Waals surface area contributed by atoms with Crippen LogP contribution in [-0.2, 0) is 0 Å². The quantitative estimate of drug-likeness (QED) is 0.761. The van der Waals surface area contributed by atoms with Crippen molar-refractivity contribution < 1.29 is 14.3 Å². The lowest BCUT2D eigenvalue weighted by Gasteiger charge is -2.03. The van der Waals surface area contributed by atoms with E-state index in [0.717, 1.165) is 0 Å². The molecule has 0 bridgehead atoms. The lowest BCUT2D eigenvalue weighted by atomic mass is 10.3. The second-order valence-electron chi connectivity index (χ2n) is 3.99. The number of hydrogen-bond donors (Lipinski definition) is 1. The van der Waals surface area contributed by atoms with E-state index in [2.05, 4.69) is 20.6 Å². The van der Waals surface area contributed by atoms with Gasteiger partial charge in [-0.05, 0) is 12.1 Å². The highest BCUT2D eigenvalue weighted by Gasteiger charge is 2.17. The standard InChI is InChI=1S/C11H7N5O3S/c17-9(10-15-16-4-12-14-11(16)20-10)13-6-1-2-7-8(3-6)19-5-18-7/h1-4H,5H2,(H,13,17). The molecule has 100 valence electrons. The number of nitrogens with zero attached hydrogens (tertiary/aromatic N) is 4. The summed E-state index contributed by atoms with van der Waals surface area (Å²) >= 11 is 1.17. The predicted molar refractivity (Wildman–Crippen MR) is 69.2 cm³/mol. The first-order chi connectivity index (χ1) is 9.79. The largest absolute Gasteiger partial charge is 0.454 e. The zero-order valence-electron chi connectivity index (χ0n) is 9.94. The van der Waals surface area contributed by atoms with Gasteiger partial charge in [-0.3, -0.25) is 4.79 Å². The lowest BCUT2D eigenvalue weighted by Crippen LogP contribution is -2.11. The van der Waals surface area contributed by atoms with Gasteiger partial charge in [0.1, 0.15) is 6.33 Å². The van der Waals surface area contributed by atoms with E-state index in [9.17, 15) is 4.79 Å². The summed E-state index contributed by atoms with van der Waals surface area (Å²) in [4.78, 5) is 12.7. The number of hydrogen-bond acceptors (Lipinski definition) is 7. The maximum atomic E-state index is 12.1. The van der Waals surface area contributed by atoms with Gasteiger partial charge in [0.25, 0.3) is 5.91 Å². The number of fused-ring (bicyclic) bond motifs is 2. The van der Waals surface area contributed by atoms with E-state index in [4.69, 9.17) is 9.47 Å². The molecule has 0 fully saturated rings. The molecule has 1 aliphatic rings. The number of aromatic nitrogens is 4. The Hall–Kier alpha value is -2.68. The summed E-state index contributed by atoms with van der Waals surface area (Å²) in [6, 6.07) is 5.20. The van der Waals surface area contributed by atoms with Crippen LogP contribution in [-0.4, -0.2) is 32.5 Å². The van der Waals surface area contributed by atoms with Crippen LogP contribution in [0.15, 0.2) is 24.5 Å². The number of carbonyl (C=O) groups excluding carboxylic acids is 1. The number of anilines is 1. The Morgan fingerprint density at radius 2 is 2.25 bits per heavy atom. The predicted octanol–water partition coefficient (Wildman–Crippen LogP) is 1.17. The van der Waals surface area contributed by atoms with Crippen LogP contribution < -0.4 is 14.8 Å². The van der Waals surface area contributed by atoms with E-state index in [-0.39, 0.29) is 12.7 Å². The maximum Gasteiger partial charge on any atom is 0.286 e. The molecule has 4 rings (SSSR count). The van der Waals surface area contributed by atoms with Crippen LogP contribution in [0.5, 0.6) is 11.5 Å². The molecule has 1 aliphatic heterocycles. The number of amides is 1. The van der Waals surface area contributed by atoms with Gasteiger partial charge in [-0.15, -0.1) is 15.3 Å². The van der Waals surface area contributed by atoms with Crippen LogP contribution in [0, 0.1) is 0 Å². The zero-order valence-corrected chi connectivity index (χ0v) is 10.8. The van der Waals surface area contributed by atoms with Crippen molar-refractivity contribution in [1.29, 1.82) is 0 Å². The smallest absolute Gasteiger partial charge is 0.286 e. The van der Waals surface area contributed by atoms with Crippen molar-refractivity contribution in [2.24, 2.45) is 0 Å². The highest BCUT2D eigenvalue weighted by Crippen LogP contribution is 2.34. The molecular formula is C11H7N5O3S. The Labute approximate surface area is 116 Å². The van der Waals surface area contributed by atoms with E-state index in [1.165, 1.54) is 22.2 Å². The molecule has 1 N–H and O–H groups in total. The van der Waals surface area contributed by atoms with Crippen molar-refractivity contribution in [3.63, 3.8) is 0 Å². The first-order valence-electron chi connectivity index (χ1n) is 5.67. The molecule has 1 amide bonds. The summed E-state index contributed by atoms with van der Waals surface area (Å²) in [5, 5.41) is 14.7. The highest BCUT2D eigenvalue weighted by molar-refractivity contribution is 7.18. The van der Waals surface area contributed by atoms with Crippen LogP contribution in [0.25, 0.3) is 4.96 Å². The van der Waals surface area contributed by atoms with Crippen LogP contribution in [0.3, 0.4) is 0 Å². The van der Waals surface area contributed by atoms with Crippen LogP contribution in [0.4, 0.5) is 5.69 Å². The van der Waals surface area contributed by atoms with Gasteiger partial charge in [0.2, 0.25) is 16.8 Å². The molecule has 2 aromatic heterocycles. The summed E-state index contributed by atoms with van der Waals surface area (Å²) in [6.45, 7) is 0.198. The molecule has 0 saturated heterocycles. The second-order valence-corrected chi connectivity index (χ2v) is 4.94. The number of nitrogens with one attached hydrogen (secondary N) is 1. The van der Waals surface area contributed by atoms with Crippen molar-refractivity contribution in [2.75, 3.05) is 12.1 Å². The fourth-order valence-corrected chi connectivity index (χ4v) is 2.53. The van der Waals surface area contributed by atoms with Crippen LogP contribution in [0.2, 0.25) is 0 Å². The van der Waals surface area contributed by atoms with E-state index in [0.29, 0.717) is 27.2 Å². The van der Waals surface area contributed by atoms with Crippen molar-refractivity contribution in [1.82, 2.24) is 19.8 Å². The third-order valence-electron chi connectivity index (χ3n) is 2.71. The minimum absolute atomic E-state index is 0.198. The van der Waals surface area contributed by atoms with Crippen molar-refractivity contribution >= 4 is 27.9 Å². The minimum Gasteiger partial charge on any atom is -0.454 e. The van der Waals surface area contributed by atoms with E-state index >= 15 is 0 Å². The van der Waals surface area contributed by atoms with Gasteiger partial charge < -0.3 is 14.8 Å². The molecule has 8 nitrogen and oxygen atoms in total. The van der Waals surface area contributed by atoms with Gasteiger partial charge in [0, 0.05) is 11.8 Å². The number of rotatable bonds is 2. The lowest BCUT2D eigenvalue weighted by molar-refractivity contribution is 0.102. The van der Waals surface area contributed by atoms with Gasteiger partial charge >= 0.3 is 0 Å². The van der Waals surface area contributed by atoms with Gasteiger partial charge in [-0.2, -0.15) is 4.52 Å². The van der Waals surface area contributed by atoms with Crippen molar-refractivity contribution in [2.45, 2.75) is 0 Å². The first-order valence-corrected chi connectivity index (χ1v) is 6.49. The number of carbonyl (C=O) groups is 1. The molecule has 1 aromatic carbocycles. The molecule has 0 unspecified atom stereocenters. The average molecular weight is 289 g/mol. The summed E-state index contributed by atoms with van der Waals surface area (Å²) < 4.78 is 11.9. The molecule has 3 aromatic rings. The summed E-state index contributed by atoms with van der Waals surface area (Å²) in [5.74, 6) is 0.974. The Bertz CT molecular complexity index is 783. The summed E-state index contributed by atoms with van der Waals surface area (Å²) in [6.07, 6.45) is 1.45. The van der Waals surface area contributed by atoms with Gasteiger partial charge in [0.05, 0.1) is 0 Å². The molecule has 0 atom stereocenters. The molecule has 20 heavy (non-hydrogen) atoms. The Balaban J connectivity index is 1.59. The average Bonchev–Trinajstić information content (AvgIpc) is 3.12. The van der Waals surface area contributed by atoms with Gasteiger partial charge in [-0.1, -0.05) is 11.3 Å². The number of ether oxygens (including phenoxy) is 2. The second kappa shape index (κ2) is 4.17. The normalized spacial score (nSPS) is 12.8. The highest BCUT2D eigenvalue weighted by atomic mass is 32.1. The van der Waals surface area contributed by atoms with Gasteiger partial charge in [-0.25, -0.2) is 0 Å². The van der Waals surface area contributed by atoms with Crippen LogP contribution in [0.1, 0.15) is 9.80 Å². The Kier molecular flexibility index (Phi) is 2.33. The Morgan fingerprint density at radius 3 is 3.15 bits per heavy atom. The monoisotopic (exact) mass is 289 g/mol. The molecule has 3 heterocycles. The summed E-state index contributed by atoms with van der Waals surface area (Å²) in [5.41, 5.74) is 0.616. The fraction of sp³-hybridized carbons (Fsp3) is 0.0909. The molecular weight excluding hydrogens is 282 g/mol. The topological polar surface area (TPSA) is 90.6 Å². The molecule has 0 aliphatic carbocycles. The van der Waals surface area contributed by atoms with Gasteiger partial charge in [0.15, 0.2) is 11.5 Å². The van der Waals surface area contributed by atoms with Crippen molar-refractivity contribution in [3.05, 3.63) is 29.5 Å². The Morgan fingerprint density at radius 1 is 1.35 bits per heavy atom.